The Bertz CT molecular complexity index is 1360. The van der Waals surface area contributed by atoms with Crippen molar-refractivity contribution in [1.29, 1.82) is 0 Å². The number of nitrogens with one attached hydrogen (secondary N) is 1. The predicted octanol–water partition coefficient (Wildman–Crippen LogP) is 2.69. The molecule has 0 bridgehead atoms. The summed E-state index contributed by atoms with van der Waals surface area (Å²) in [5.74, 6) is -1.03. The number of carbonyl (C=O) groups is 4. The van der Waals surface area contributed by atoms with Gasteiger partial charge in [-0.2, -0.15) is 0 Å². The molecule has 2 atom stereocenters. The first-order valence-corrected chi connectivity index (χ1v) is 14.0. The van der Waals surface area contributed by atoms with Crippen LogP contribution in [0.1, 0.15) is 25.6 Å². The molecule has 41 heavy (non-hydrogen) atoms. The molecule has 0 aliphatic carbocycles. The van der Waals surface area contributed by atoms with Crippen LogP contribution in [0.2, 0.25) is 0 Å². The number of anilines is 1. The molecule has 4 rings (SSSR count). The van der Waals surface area contributed by atoms with Crippen molar-refractivity contribution >= 4 is 40.7 Å². The SMILES string of the molecule is COC(=O)C(Cc1ccc(OC)cc1)NC(=O)C1CN(C(=O)c2ccc(N(C)C)cc2)CCN1C(=O)c1cccs1. The molecular weight excluding hydrogens is 544 g/mol. The van der Waals surface area contributed by atoms with Gasteiger partial charge in [0.25, 0.3) is 11.8 Å². The van der Waals surface area contributed by atoms with E-state index in [0.29, 0.717) is 16.2 Å². The Morgan fingerprint density at radius 3 is 2.27 bits per heavy atom. The van der Waals surface area contributed by atoms with Crippen LogP contribution in [0.25, 0.3) is 0 Å². The standard InChI is InChI=1S/C30H34N4O6S/c1-32(2)22-11-9-21(10-12-22)28(36)33-15-16-34(29(37)26-6-5-17-41-26)25(19-33)27(35)31-24(30(38)40-4)18-20-7-13-23(39-3)14-8-20/h5-14,17,24-25H,15-16,18-19H2,1-4H3,(H,31,35). The normalized spacial score (nSPS) is 15.6. The zero-order chi connectivity index (χ0) is 29.5. The fourth-order valence-corrected chi connectivity index (χ4v) is 5.34. The lowest BCUT2D eigenvalue weighted by Crippen LogP contribution is -2.63. The van der Waals surface area contributed by atoms with Gasteiger partial charge in [-0.3, -0.25) is 14.4 Å². The molecule has 2 heterocycles. The van der Waals surface area contributed by atoms with E-state index in [1.165, 1.54) is 23.3 Å². The first-order chi connectivity index (χ1) is 19.7. The lowest BCUT2D eigenvalue weighted by Gasteiger charge is -2.40. The Labute approximate surface area is 243 Å². The second-order valence-electron chi connectivity index (χ2n) is 9.82. The molecule has 10 nitrogen and oxygen atoms in total. The second kappa shape index (κ2) is 13.3. The number of nitrogens with zero attached hydrogens (tertiary/aromatic N) is 3. The van der Waals surface area contributed by atoms with Crippen LogP contribution in [-0.2, 0) is 20.7 Å². The van der Waals surface area contributed by atoms with E-state index in [9.17, 15) is 19.2 Å². The van der Waals surface area contributed by atoms with Crippen molar-refractivity contribution in [2.45, 2.75) is 18.5 Å². The van der Waals surface area contributed by atoms with Gasteiger partial charge in [0.1, 0.15) is 17.8 Å². The van der Waals surface area contributed by atoms with Crippen LogP contribution in [0.3, 0.4) is 0 Å². The average molecular weight is 579 g/mol. The summed E-state index contributed by atoms with van der Waals surface area (Å²) in [4.78, 5) is 58.7. The van der Waals surface area contributed by atoms with Crippen LogP contribution in [-0.4, -0.2) is 93.5 Å². The lowest BCUT2D eigenvalue weighted by molar-refractivity contribution is -0.145. The summed E-state index contributed by atoms with van der Waals surface area (Å²) in [5, 5.41) is 4.58. The number of benzene rings is 2. The summed E-state index contributed by atoms with van der Waals surface area (Å²) in [7, 11) is 6.65. The van der Waals surface area contributed by atoms with Crippen LogP contribution in [0.4, 0.5) is 5.69 Å². The molecule has 0 saturated carbocycles. The Morgan fingerprint density at radius 1 is 0.976 bits per heavy atom. The number of hydrogen-bond acceptors (Lipinski definition) is 8. The zero-order valence-corrected chi connectivity index (χ0v) is 24.3. The predicted molar refractivity (Wildman–Crippen MR) is 156 cm³/mol. The molecule has 1 saturated heterocycles. The molecule has 1 aliphatic heterocycles. The minimum Gasteiger partial charge on any atom is -0.497 e. The van der Waals surface area contributed by atoms with Crippen molar-refractivity contribution in [2.24, 2.45) is 0 Å². The van der Waals surface area contributed by atoms with Crippen molar-refractivity contribution in [1.82, 2.24) is 15.1 Å². The van der Waals surface area contributed by atoms with E-state index < -0.39 is 24.0 Å². The molecule has 2 aromatic carbocycles. The third-order valence-electron chi connectivity index (χ3n) is 6.99. The highest BCUT2D eigenvalue weighted by molar-refractivity contribution is 7.12. The van der Waals surface area contributed by atoms with Crippen LogP contribution < -0.4 is 15.0 Å². The maximum Gasteiger partial charge on any atom is 0.328 e. The van der Waals surface area contributed by atoms with Crippen molar-refractivity contribution in [3.63, 3.8) is 0 Å². The largest absolute Gasteiger partial charge is 0.497 e. The molecule has 1 N–H and O–H groups in total. The van der Waals surface area contributed by atoms with E-state index in [-0.39, 0.29) is 37.9 Å². The van der Waals surface area contributed by atoms with Crippen LogP contribution in [0.15, 0.2) is 66.0 Å². The smallest absolute Gasteiger partial charge is 0.328 e. The molecule has 3 aromatic rings. The summed E-state index contributed by atoms with van der Waals surface area (Å²) >= 11 is 1.28. The van der Waals surface area contributed by atoms with Gasteiger partial charge in [-0.1, -0.05) is 18.2 Å². The number of carbonyl (C=O) groups excluding carboxylic acids is 4. The Morgan fingerprint density at radius 2 is 1.68 bits per heavy atom. The van der Waals surface area contributed by atoms with Crippen molar-refractivity contribution < 1.29 is 28.7 Å². The highest BCUT2D eigenvalue weighted by Crippen LogP contribution is 2.21. The zero-order valence-electron chi connectivity index (χ0n) is 23.5. The van der Waals surface area contributed by atoms with Gasteiger partial charge in [-0.05, 0) is 53.4 Å². The molecule has 1 aromatic heterocycles. The Kier molecular flexibility index (Phi) is 9.61. The molecule has 2 unspecified atom stereocenters. The van der Waals surface area contributed by atoms with Gasteiger partial charge in [0.15, 0.2) is 0 Å². The number of thiophene rings is 1. The third kappa shape index (κ3) is 7.04. The highest BCUT2D eigenvalue weighted by atomic mass is 32.1. The molecule has 0 spiro atoms. The maximum atomic E-state index is 13.8. The van der Waals surface area contributed by atoms with Gasteiger partial charge >= 0.3 is 5.97 Å². The quantitative estimate of drug-likeness (QED) is 0.389. The minimum atomic E-state index is -1.01. The van der Waals surface area contributed by atoms with E-state index >= 15 is 0 Å². The molecular formula is C30H34N4O6S. The highest BCUT2D eigenvalue weighted by Gasteiger charge is 2.39. The summed E-state index contributed by atoms with van der Waals surface area (Å²) in [6.45, 7) is 0.410. The van der Waals surface area contributed by atoms with Crippen LogP contribution in [0, 0.1) is 0 Å². The van der Waals surface area contributed by atoms with Crippen LogP contribution in [0.5, 0.6) is 5.75 Å². The van der Waals surface area contributed by atoms with Gasteiger partial charge in [0, 0.05) is 44.9 Å². The number of esters is 1. The summed E-state index contributed by atoms with van der Waals surface area (Å²) < 4.78 is 10.2. The minimum absolute atomic E-state index is 0.0202. The maximum absolute atomic E-state index is 13.8. The summed E-state index contributed by atoms with van der Waals surface area (Å²) in [6, 6.07) is 15.8. The van der Waals surface area contributed by atoms with Crippen molar-refractivity contribution in [2.75, 3.05) is 52.8 Å². The molecule has 11 heteroatoms. The number of rotatable bonds is 9. The van der Waals surface area contributed by atoms with E-state index in [4.69, 9.17) is 9.47 Å². The van der Waals surface area contributed by atoms with Gasteiger partial charge in [0.05, 0.1) is 25.6 Å². The van der Waals surface area contributed by atoms with Gasteiger partial charge in [-0.25, -0.2) is 4.79 Å². The van der Waals surface area contributed by atoms with Gasteiger partial charge in [-0.15, -0.1) is 11.3 Å². The topological polar surface area (TPSA) is 108 Å². The lowest BCUT2D eigenvalue weighted by atomic mass is 10.0. The number of hydrogen-bond donors (Lipinski definition) is 1. The Balaban J connectivity index is 1.56. The summed E-state index contributed by atoms with van der Waals surface area (Å²) in [6.07, 6.45) is 0.175. The fraction of sp³-hybridized carbons (Fsp3) is 0.333. The number of piperazine rings is 1. The van der Waals surface area contributed by atoms with Crippen LogP contribution >= 0.6 is 11.3 Å². The molecule has 3 amide bonds. The second-order valence-corrected chi connectivity index (χ2v) is 10.8. The number of methoxy groups -OCH3 is 2. The first kappa shape index (κ1) is 29.6. The third-order valence-corrected chi connectivity index (χ3v) is 7.85. The average Bonchev–Trinajstić information content (AvgIpc) is 3.55. The monoisotopic (exact) mass is 578 g/mol. The molecule has 216 valence electrons. The number of amides is 3. The molecule has 0 radical (unpaired) electrons. The van der Waals surface area contributed by atoms with E-state index in [0.717, 1.165) is 11.3 Å². The fourth-order valence-electron chi connectivity index (χ4n) is 4.66. The van der Waals surface area contributed by atoms with E-state index in [2.05, 4.69) is 5.32 Å². The van der Waals surface area contributed by atoms with Crippen molar-refractivity contribution in [3.8, 4) is 5.75 Å². The first-order valence-electron chi connectivity index (χ1n) is 13.1. The van der Waals surface area contributed by atoms with Gasteiger partial charge in [0.2, 0.25) is 5.91 Å². The molecule has 1 fully saturated rings. The number of ether oxygens (including phenoxy) is 2. The summed E-state index contributed by atoms with van der Waals surface area (Å²) in [5.41, 5.74) is 2.23. The van der Waals surface area contributed by atoms with Gasteiger partial charge < -0.3 is 29.5 Å². The van der Waals surface area contributed by atoms with Crippen molar-refractivity contribution in [3.05, 3.63) is 82.0 Å². The molecule has 1 aliphatic rings. The van der Waals surface area contributed by atoms with E-state index in [1.807, 2.05) is 31.1 Å². The van der Waals surface area contributed by atoms with E-state index in [1.54, 1.807) is 65.9 Å². The Hall–Kier alpha value is -4.38.